The minimum atomic E-state index is -3.43. The largest absolute Gasteiger partial charge is 0.492 e. The van der Waals surface area contributed by atoms with Gasteiger partial charge in [-0.05, 0) is 50.1 Å². The first-order chi connectivity index (χ1) is 14.8. The molecule has 0 unspecified atom stereocenters. The van der Waals surface area contributed by atoms with Crippen molar-refractivity contribution in [3.05, 3.63) is 53.7 Å². The highest BCUT2D eigenvalue weighted by Gasteiger charge is 2.16. The summed E-state index contributed by atoms with van der Waals surface area (Å²) in [5, 5.41) is 21.5. The number of nitrogens with zero attached hydrogens (tertiary/aromatic N) is 1. The molecule has 0 saturated heterocycles. The number of sulfonamides is 1. The average molecular weight is 447 g/mol. The Balaban J connectivity index is 1.46. The Bertz CT molecular complexity index is 1110. The lowest BCUT2D eigenvalue weighted by molar-refractivity contribution is 0.172. The second-order valence-corrected chi connectivity index (χ2v) is 9.86. The number of aromatic amines is 1. The summed E-state index contributed by atoms with van der Waals surface area (Å²) in [6.45, 7) is 6.62. The summed E-state index contributed by atoms with van der Waals surface area (Å²) in [4.78, 5) is 0. The zero-order chi connectivity index (χ0) is 22.4. The Hall–Kier alpha value is -2.62. The summed E-state index contributed by atoms with van der Waals surface area (Å²) < 4.78 is 32.4. The van der Waals surface area contributed by atoms with Crippen molar-refractivity contribution in [3.63, 3.8) is 0 Å². The average Bonchev–Trinajstić information content (AvgIpc) is 3.15. The summed E-state index contributed by atoms with van der Waals surface area (Å²) in [7, 11) is -3.43. The van der Waals surface area contributed by atoms with Crippen molar-refractivity contribution in [1.82, 2.24) is 15.5 Å². The van der Waals surface area contributed by atoms with E-state index in [-0.39, 0.29) is 0 Å². The van der Waals surface area contributed by atoms with Crippen LogP contribution in [0.1, 0.15) is 38.1 Å². The molecule has 0 saturated carbocycles. The first-order valence-electron chi connectivity index (χ1n) is 10.4. The van der Waals surface area contributed by atoms with Gasteiger partial charge in [0.25, 0.3) is 0 Å². The van der Waals surface area contributed by atoms with E-state index >= 15 is 0 Å². The Morgan fingerprint density at radius 2 is 2.00 bits per heavy atom. The molecule has 31 heavy (non-hydrogen) atoms. The Morgan fingerprint density at radius 1 is 1.19 bits per heavy atom. The highest BCUT2D eigenvalue weighted by molar-refractivity contribution is 7.93. The van der Waals surface area contributed by atoms with Crippen molar-refractivity contribution < 1.29 is 18.3 Å². The molecule has 0 aliphatic heterocycles. The molecule has 3 rings (SSSR count). The molecule has 1 heterocycles. The molecule has 0 radical (unpaired) electrons. The number of benzene rings is 2. The normalized spacial score (nSPS) is 12.9. The van der Waals surface area contributed by atoms with Gasteiger partial charge in [-0.15, -0.1) is 0 Å². The van der Waals surface area contributed by atoms with E-state index in [2.05, 4.69) is 27.2 Å². The van der Waals surface area contributed by atoms with E-state index in [1.807, 2.05) is 18.2 Å². The van der Waals surface area contributed by atoms with Crippen LogP contribution in [0.5, 0.6) is 5.75 Å². The molecule has 1 aromatic heterocycles. The van der Waals surface area contributed by atoms with Gasteiger partial charge in [-0.3, -0.25) is 9.82 Å². The molecule has 2 aromatic carbocycles. The molecule has 8 nitrogen and oxygen atoms in total. The zero-order valence-corrected chi connectivity index (χ0v) is 18.9. The van der Waals surface area contributed by atoms with Crippen molar-refractivity contribution in [2.45, 2.75) is 38.5 Å². The summed E-state index contributed by atoms with van der Waals surface area (Å²) >= 11 is 0. The number of aliphatic hydroxyl groups excluding tert-OH is 1. The number of H-pyrrole nitrogens is 1. The van der Waals surface area contributed by atoms with Gasteiger partial charge in [0.15, 0.2) is 0 Å². The molecule has 0 amide bonds. The van der Waals surface area contributed by atoms with Crippen LogP contribution >= 0.6 is 0 Å². The fraction of sp³-hybridized carbons (Fsp3) is 0.409. The van der Waals surface area contributed by atoms with Gasteiger partial charge < -0.3 is 15.2 Å². The van der Waals surface area contributed by atoms with Crippen LogP contribution in [-0.2, 0) is 16.4 Å². The number of aryl methyl sites for hydroxylation is 1. The SMILES string of the molecule is CCc1n[nH]c2cc(OCCNC[C@H](O)c3cccc(NS(=O)(=O)C(C)C)c3)ccc12. The first kappa shape index (κ1) is 23.1. The maximum absolute atomic E-state index is 12.0. The van der Waals surface area contributed by atoms with E-state index in [0.717, 1.165) is 28.8 Å². The number of hydrogen-bond donors (Lipinski definition) is 4. The molecular weight excluding hydrogens is 416 g/mol. The van der Waals surface area contributed by atoms with Gasteiger partial charge in [0, 0.05) is 30.2 Å². The van der Waals surface area contributed by atoms with Gasteiger partial charge in [-0.2, -0.15) is 5.10 Å². The number of fused-ring (bicyclic) bond motifs is 1. The maximum atomic E-state index is 12.0. The van der Waals surface area contributed by atoms with Crippen LogP contribution in [0.2, 0.25) is 0 Å². The summed E-state index contributed by atoms with van der Waals surface area (Å²) in [6.07, 6.45) is 0.108. The Kier molecular flexibility index (Phi) is 7.53. The lowest BCUT2D eigenvalue weighted by atomic mass is 10.1. The number of nitrogens with one attached hydrogen (secondary N) is 3. The molecule has 0 aliphatic carbocycles. The number of aliphatic hydroxyl groups is 1. The second-order valence-electron chi connectivity index (χ2n) is 7.62. The number of hydrogen-bond acceptors (Lipinski definition) is 6. The molecule has 0 bridgehead atoms. The van der Waals surface area contributed by atoms with E-state index in [1.54, 1.807) is 38.1 Å². The Morgan fingerprint density at radius 3 is 2.74 bits per heavy atom. The predicted molar refractivity (Wildman–Crippen MR) is 123 cm³/mol. The molecule has 4 N–H and O–H groups in total. The van der Waals surface area contributed by atoms with Gasteiger partial charge in [0.05, 0.1) is 22.6 Å². The zero-order valence-electron chi connectivity index (χ0n) is 18.1. The first-order valence-corrected chi connectivity index (χ1v) is 11.9. The lowest BCUT2D eigenvalue weighted by Gasteiger charge is -2.15. The van der Waals surface area contributed by atoms with Gasteiger partial charge in [-0.1, -0.05) is 19.1 Å². The van der Waals surface area contributed by atoms with Crippen molar-refractivity contribution in [2.24, 2.45) is 0 Å². The fourth-order valence-electron chi connectivity index (χ4n) is 3.10. The highest BCUT2D eigenvalue weighted by Crippen LogP contribution is 2.22. The third-order valence-corrected chi connectivity index (χ3v) is 6.75. The van der Waals surface area contributed by atoms with Crippen molar-refractivity contribution >= 4 is 26.6 Å². The van der Waals surface area contributed by atoms with Gasteiger partial charge in [-0.25, -0.2) is 8.42 Å². The van der Waals surface area contributed by atoms with Crippen LogP contribution in [0.15, 0.2) is 42.5 Å². The summed E-state index contributed by atoms with van der Waals surface area (Å²) in [5.41, 5.74) is 3.06. The van der Waals surface area contributed by atoms with Crippen molar-refractivity contribution in [1.29, 1.82) is 0 Å². The van der Waals surface area contributed by atoms with Crippen LogP contribution in [0.25, 0.3) is 10.9 Å². The van der Waals surface area contributed by atoms with E-state index in [9.17, 15) is 13.5 Å². The van der Waals surface area contributed by atoms with Crippen LogP contribution in [0.3, 0.4) is 0 Å². The quantitative estimate of drug-likeness (QED) is 0.337. The molecule has 1 atom stereocenters. The van der Waals surface area contributed by atoms with Crippen LogP contribution in [-0.4, -0.2) is 48.7 Å². The summed E-state index contributed by atoms with van der Waals surface area (Å²) in [5.74, 6) is 0.756. The van der Waals surface area contributed by atoms with E-state index < -0.39 is 21.4 Å². The number of ether oxygens (including phenoxy) is 1. The Labute approximate surface area is 183 Å². The van der Waals surface area contributed by atoms with E-state index in [0.29, 0.717) is 30.9 Å². The van der Waals surface area contributed by atoms with E-state index in [4.69, 9.17) is 4.74 Å². The molecule has 3 aromatic rings. The molecular formula is C22H30N4O4S. The molecule has 0 spiro atoms. The predicted octanol–water partition coefficient (Wildman–Crippen LogP) is 2.98. The van der Waals surface area contributed by atoms with Crippen LogP contribution in [0, 0.1) is 0 Å². The third-order valence-electron chi connectivity index (χ3n) is 4.99. The monoisotopic (exact) mass is 446 g/mol. The topological polar surface area (TPSA) is 116 Å². The third kappa shape index (κ3) is 5.96. The van der Waals surface area contributed by atoms with Crippen molar-refractivity contribution in [2.75, 3.05) is 24.4 Å². The van der Waals surface area contributed by atoms with Crippen LogP contribution in [0.4, 0.5) is 5.69 Å². The second kappa shape index (κ2) is 10.1. The lowest BCUT2D eigenvalue weighted by Crippen LogP contribution is -2.26. The summed E-state index contributed by atoms with van der Waals surface area (Å²) in [6, 6.07) is 12.7. The molecule has 0 fully saturated rings. The van der Waals surface area contributed by atoms with Crippen molar-refractivity contribution in [3.8, 4) is 5.75 Å². The minimum Gasteiger partial charge on any atom is -0.492 e. The maximum Gasteiger partial charge on any atom is 0.235 e. The molecule has 9 heteroatoms. The molecule has 0 aliphatic rings. The standard InChI is InChI=1S/C22H30N4O4S/c1-4-20-19-9-8-18(13-21(19)25-24-20)30-11-10-23-14-22(27)16-6-5-7-17(12-16)26-31(28,29)15(2)3/h5-9,12-13,15,22-23,26-27H,4,10-11,14H2,1-3H3,(H,24,25)/t22-/m0/s1. The van der Waals surface area contributed by atoms with E-state index in [1.165, 1.54) is 0 Å². The van der Waals surface area contributed by atoms with Gasteiger partial charge >= 0.3 is 0 Å². The number of aromatic nitrogens is 2. The van der Waals surface area contributed by atoms with Gasteiger partial charge in [0.1, 0.15) is 12.4 Å². The van der Waals surface area contributed by atoms with Gasteiger partial charge in [0.2, 0.25) is 10.0 Å². The minimum absolute atomic E-state index is 0.323. The number of rotatable bonds is 11. The van der Waals surface area contributed by atoms with Crippen LogP contribution < -0.4 is 14.8 Å². The number of anilines is 1. The highest BCUT2D eigenvalue weighted by atomic mass is 32.2. The molecule has 168 valence electrons. The smallest absolute Gasteiger partial charge is 0.235 e. The fourth-order valence-corrected chi connectivity index (χ4v) is 3.80.